The highest BCUT2D eigenvalue weighted by molar-refractivity contribution is 6.44. The van der Waals surface area contributed by atoms with Gasteiger partial charge in [0.2, 0.25) is 0 Å². The number of nitrogens with zero attached hydrogens (tertiary/aromatic N) is 2. The largest absolute Gasteiger partial charge is 0.507 e. The monoisotopic (exact) mass is 403 g/mol. The van der Waals surface area contributed by atoms with Crippen molar-refractivity contribution in [3.63, 3.8) is 0 Å². The number of carbonyl (C=O) groups excluding carboxylic acids is 1. The van der Waals surface area contributed by atoms with Crippen molar-refractivity contribution in [2.24, 2.45) is 0 Å². The number of anilines is 2. The molecule has 0 fully saturated rings. The first-order chi connectivity index (χ1) is 12.9. The second-order valence-corrected chi connectivity index (χ2v) is 6.43. The average molecular weight is 404 g/mol. The van der Waals surface area contributed by atoms with Gasteiger partial charge in [-0.1, -0.05) is 29.3 Å². The lowest BCUT2D eigenvalue weighted by molar-refractivity contribution is -0.112. The molecule has 2 aromatic rings. The number of amides is 1. The number of aromatic hydroxyl groups is 1. The zero-order valence-corrected chi connectivity index (χ0v) is 16.5. The van der Waals surface area contributed by atoms with Crippen molar-refractivity contribution in [3.8, 4) is 11.8 Å². The summed E-state index contributed by atoms with van der Waals surface area (Å²) in [6.45, 7) is 5.65. The molecule has 0 spiro atoms. The molecule has 0 atom stereocenters. The van der Waals surface area contributed by atoms with Crippen LogP contribution < -0.4 is 10.2 Å². The lowest BCUT2D eigenvalue weighted by Crippen LogP contribution is -2.21. The highest BCUT2D eigenvalue weighted by atomic mass is 35.5. The summed E-state index contributed by atoms with van der Waals surface area (Å²) < 4.78 is 0. The molecule has 0 unspecified atom stereocenters. The zero-order valence-electron chi connectivity index (χ0n) is 15.0. The number of nitriles is 1. The fraction of sp³-hybridized carbons (Fsp3) is 0.200. The quantitative estimate of drug-likeness (QED) is 0.519. The van der Waals surface area contributed by atoms with Crippen molar-refractivity contribution in [1.29, 1.82) is 5.26 Å². The molecular weight excluding hydrogens is 385 g/mol. The maximum atomic E-state index is 12.4. The number of hydrogen-bond acceptors (Lipinski definition) is 4. The van der Waals surface area contributed by atoms with Gasteiger partial charge in [0.15, 0.2) is 0 Å². The Morgan fingerprint density at radius 3 is 2.56 bits per heavy atom. The summed E-state index contributed by atoms with van der Waals surface area (Å²) in [4.78, 5) is 14.5. The number of rotatable bonds is 6. The number of benzene rings is 2. The van der Waals surface area contributed by atoms with E-state index in [1.807, 2.05) is 26.0 Å². The van der Waals surface area contributed by atoms with Gasteiger partial charge in [-0.3, -0.25) is 4.79 Å². The maximum Gasteiger partial charge on any atom is 0.266 e. The molecule has 7 heteroatoms. The number of carbonyl (C=O) groups is 1. The van der Waals surface area contributed by atoms with Gasteiger partial charge in [0, 0.05) is 30.4 Å². The summed E-state index contributed by atoms with van der Waals surface area (Å²) in [6.07, 6.45) is 1.33. The summed E-state index contributed by atoms with van der Waals surface area (Å²) in [6, 6.07) is 11.8. The molecule has 0 aliphatic rings. The lowest BCUT2D eigenvalue weighted by Gasteiger charge is -2.21. The molecular formula is C20H19Cl2N3O2. The van der Waals surface area contributed by atoms with Crippen LogP contribution in [-0.4, -0.2) is 24.1 Å². The molecule has 0 heterocycles. The summed E-state index contributed by atoms with van der Waals surface area (Å²) in [5, 5.41) is 22.7. The second kappa shape index (κ2) is 9.31. The number of nitrogens with one attached hydrogen (secondary N) is 1. The van der Waals surface area contributed by atoms with Crippen molar-refractivity contribution in [2.45, 2.75) is 13.8 Å². The molecule has 0 aliphatic heterocycles. The molecule has 0 bridgehead atoms. The van der Waals surface area contributed by atoms with Crippen LogP contribution >= 0.6 is 23.2 Å². The van der Waals surface area contributed by atoms with E-state index in [4.69, 9.17) is 23.2 Å². The molecule has 27 heavy (non-hydrogen) atoms. The molecule has 0 radical (unpaired) electrons. The van der Waals surface area contributed by atoms with Gasteiger partial charge < -0.3 is 15.3 Å². The van der Waals surface area contributed by atoms with Gasteiger partial charge in [-0.05, 0) is 44.2 Å². The van der Waals surface area contributed by atoms with Crippen LogP contribution in [-0.2, 0) is 4.79 Å². The van der Waals surface area contributed by atoms with E-state index in [9.17, 15) is 15.2 Å². The number of phenolic OH excluding ortho intramolecular Hbond substituents is 1. The third kappa shape index (κ3) is 4.94. The molecule has 0 aromatic heterocycles. The number of hydrogen-bond donors (Lipinski definition) is 2. The van der Waals surface area contributed by atoms with Crippen LogP contribution in [0.15, 0.2) is 42.0 Å². The minimum absolute atomic E-state index is 0.0132. The zero-order chi connectivity index (χ0) is 20.0. The van der Waals surface area contributed by atoms with E-state index in [0.717, 1.165) is 18.8 Å². The van der Waals surface area contributed by atoms with Gasteiger partial charge >= 0.3 is 0 Å². The average Bonchev–Trinajstić information content (AvgIpc) is 2.65. The predicted octanol–water partition coefficient (Wildman–Crippen LogP) is 5.09. The van der Waals surface area contributed by atoms with Crippen LogP contribution in [0.3, 0.4) is 0 Å². The Hall–Kier alpha value is -2.68. The van der Waals surface area contributed by atoms with Gasteiger partial charge in [-0.25, -0.2) is 0 Å². The predicted molar refractivity (Wildman–Crippen MR) is 110 cm³/mol. The Morgan fingerprint density at radius 2 is 1.96 bits per heavy atom. The molecule has 0 saturated carbocycles. The maximum absolute atomic E-state index is 12.4. The lowest BCUT2D eigenvalue weighted by atomic mass is 10.1. The van der Waals surface area contributed by atoms with Gasteiger partial charge in [0.1, 0.15) is 17.4 Å². The van der Waals surface area contributed by atoms with Crippen molar-refractivity contribution in [1.82, 2.24) is 0 Å². The van der Waals surface area contributed by atoms with Crippen LogP contribution in [0.4, 0.5) is 11.4 Å². The molecule has 2 N–H and O–H groups in total. The third-order valence-corrected chi connectivity index (χ3v) is 4.83. The fourth-order valence-corrected chi connectivity index (χ4v) is 2.88. The molecule has 140 valence electrons. The Balaban J connectivity index is 2.29. The number of halogens is 2. The Morgan fingerprint density at radius 1 is 1.26 bits per heavy atom. The van der Waals surface area contributed by atoms with E-state index >= 15 is 0 Å². The highest BCUT2D eigenvalue weighted by Gasteiger charge is 2.14. The Bertz CT molecular complexity index is 916. The van der Waals surface area contributed by atoms with Gasteiger partial charge in [0.05, 0.1) is 15.7 Å². The van der Waals surface area contributed by atoms with Gasteiger partial charge in [-0.15, -0.1) is 0 Å². The molecule has 0 aliphatic carbocycles. The standard InChI is InChI=1S/C20H19Cl2N3O2/c1-3-25(4-2)15-9-8-13(18(26)11-15)10-14(12-23)20(27)24-17-7-5-6-16(21)19(17)22/h5-11,26H,3-4H2,1-2H3,(H,24,27)/b14-10-. The van der Waals surface area contributed by atoms with Crippen molar-refractivity contribution in [2.75, 3.05) is 23.3 Å². The van der Waals surface area contributed by atoms with Crippen molar-refractivity contribution in [3.05, 3.63) is 57.6 Å². The SMILES string of the molecule is CCN(CC)c1ccc(/C=C(/C#N)C(=O)Nc2cccc(Cl)c2Cl)c(O)c1. The summed E-state index contributed by atoms with van der Waals surface area (Å²) in [7, 11) is 0. The van der Waals surface area contributed by atoms with E-state index < -0.39 is 5.91 Å². The van der Waals surface area contributed by atoms with Crippen molar-refractivity contribution < 1.29 is 9.90 Å². The molecule has 2 aromatic carbocycles. The van der Waals surface area contributed by atoms with E-state index in [2.05, 4.69) is 10.2 Å². The summed E-state index contributed by atoms with van der Waals surface area (Å²) in [5.74, 6) is -0.658. The van der Waals surface area contributed by atoms with Gasteiger partial charge in [-0.2, -0.15) is 5.26 Å². The summed E-state index contributed by atoms with van der Waals surface area (Å²) >= 11 is 12.0. The highest BCUT2D eigenvalue weighted by Crippen LogP contribution is 2.30. The van der Waals surface area contributed by atoms with E-state index in [1.165, 1.54) is 6.08 Å². The first-order valence-corrected chi connectivity index (χ1v) is 9.11. The minimum atomic E-state index is -0.645. The normalized spacial score (nSPS) is 11.0. The van der Waals surface area contributed by atoms with Crippen LogP contribution in [0.25, 0.3) is 6.08 Å². The van der Waals surface area contributed by atoms with Crippen LogP contribution in [0.5, 0.6) is 5.75 Å². The van der Waals surface area contributed by atoms with Crippen LogP contribution in [0.1, 0.15) is 19.4 Å². The first-order valence-electron chi connectivity index (χ1n) is 8.36. The van der Waals surface area contributed by atoms with Gasteiger partial charge in [0.25, 0.3) is 5.91 Å². The molecule has 1 amide bonds. The molecule has 5 nitrogen and oxygen atoms in total. The van der Waals surface area contributed by atoms with Crippen LogP contribution in [0.2, 0.25) is 10.0 Å². The third-order valence-electron chi connectivity index (χ3n) is 4.01. The first kappa shape index (κ1) is 20.6. The van der Waals surface area contributed by atoms with E-state index in [-0.39, 0.29) is 16.3 Å². The minimum Gasteiger partial charge on any atom is -0.507 e. The van der Waals surface area contributed by atoms with E-state index in [0.29, 0.717) is 16.3 Å². The van der Waals surface area contributed by atoms with E-state index in [1.54, 1.807) is 30.3 Å². The van der Waals surface area contributed by atoms with Crippen molar-refractivity contribution >= 4 is 46.6 Å². The molecule has 0 saturated heterocycles. The smallest absolute Gasteiger partial charge is 0.266 e. The Kier molecular flexibility index (Phi) is 7.12. The molecule has 2 rings (SSSR count). The van der Waals surface area contributed by atoms with Crippen LogP contribution in [0, 0.1) is 11.3 Å². The number of phenols is 1. The topological polar surface area (TPSA) is 76.4 Å². The second-order valence-electron chi connectivity index (χ2n) is 5.64. The fourth-order valence-electron chi connectivity index (χ4n) is 2.53. The summed E-state index contributed by atoms with van der Waals surface area (Å²) in [5.41, 5.74) is 1.37. The Labute approximate surface area is 168 Å².